The molecule has 2 aromatic heterocycles. The molecule has 0 aliphatic rings. The summed E-state index contributed by atoms with van der Waals surface area (Å²) in [4.78, 5) is 17.6. The van der Waals surface area contributed by atoms with Crippen molar-refractivity contribution in [3.63, 3.8) is 0 Å². The lowest BCUT2D eigenvalue weighted by atomic mass is 9.98. The average molecular weight is 471 g/mol. The van der Waals surface area contributed by atoms with Gasteiger partial charge in [0.1, 0.15) is 5.65 Å². The largest absolute Gasteiger partial charge is 0.416 e. The summed E-state index contributed by atoms with van der Waals surface area (Å²) in [5.74, 6) is -0.270. The second-order valence-electron chi connectivity index (χ2n) is 8.23. The Labute approximate surface area is 199 Å². The highest BCUT2D eigenvalue weighted by Gasteiger charge is 2.30. The van der Waals surface area contributed by atoms with Crippen LogP contribution >= 0.6 is 0 Å². The Hall–Kier alpha value is -4.39. The summed E-state index contributed by atoms with van der Waals surface area (Å²) in [7, 11) is 0. The van der Waals surface area contributed by atoms with E-state index >= 15 is 0 Å². The van der Waals surface area contributed by atoms with Crippen molar-refractivity contribution in [3.05, 3.63) is 114 Å². The quantitative estimate of drug-likeness (QED) is 0.300. The zero-order valence-corrected chi connectivity index (χ0v) is 18.7. The van der Waals surface area contributed by atoms with Crippen LogP contribution in [-0.4, -0.2) is 15.3 Å². The molecule has 0 fully saturated rings. The van der Waals surface area contributed by atoms with E-state index in [9.17, 15) is 18.0 Å². The lowest BCUT2D eigenvalue weighted by Crippen LogP contribution is -2.13. The SMILES string of the molecule is Cc1cc(-c2ccc(C(F)(F)F)cc2)ccc1C(=O)Nc1cccc(-c2cn3ccccc3n2)c1. The number of carbonyl (C=O) groups excluding carboxylic acids is 1. The van der Waals surface area contributed by atoms with Crippen LogP contribution in [0.25, 0.3) is 28.0 Å². The Balaban J connectivity index is 1.35. The number of aryl methyl sites for hydroxylation is 1. The number of pyridine rings is 1. The van der Waals surface area contributed by atoms with E-state index in [4.69, 9.17) is 0 Å². The monoisotopic (exact) mass is 471 g/mol. The van der Waals surface area contributed by atoms with Gasteiger partial charge in [0.25, 0.3) is 5.91 Å². The van der Waals surface area contributed by atoms with Gasteiger partial charge in [-0.05, 0) is 66.1 Å². The molecular formula is C28H20F3N3O. The fraction of sp³-hybridized carbons (Fsp3) is 0.0714. The fourth-order valence-corrected chi connectivity index (χ4v) is 3.98. The molecule has 174 valence electrons. The van der Waals surface area contributed by atoms with Gasteiger partial charge >= 0.3 is 6.18 Å². The number of hydrogen-bond acceptors (Lipinski definition) is 2. The predicted octanol–water partition coefficient (Wildman–Crippen LogP) is 7.25. The van der Waals surface area contributed by atoms with Crippen molar-refractivity contribution in [2.75, 3.05) is 5.32 Å². The van der Waals surface area contributed by atoms with Gasteiger partial charge in [0.15, 0.2) is 0 Å². The summed E-state index contributed by atoms with van der Waals surface area (Å²) in [6.07, 6.45) is -0.520. The van der Waals surface area contributed by atoms with Crippen molar-refractivity contribution in [2.24, 2.45) is 0 Å². The van der Waals surface area contributed by atoms with Crippen LogP contribution in [-0.2, 0) is 6.18 Å². The van der Waals surface area contributed by atoms with Gasteiger partial charge in [-0.3, -0.25) is 4.79 Å². The van der Waals surface area contributed by atoms with E-state index in [1.807, 2.05) is 59.3 Å². The number of amides is 1. The Morgan fingerprint density at radius 2 is 1.63 bits per heavy atom. The number of nitrogens with zero attached hydrogens (tertiary/aromatic N) is 2. The molecular weight excluding hydrogens is 451 g/mol. The van der Waals surface area contributed by atoms with E-state index in [0.29, 0.717) is 16.8 Å². The van der Waals surface area contributed by atoms with Crippen molar-refractivity contribution in [1.29, 1.82) is 0 Å². The van der Waals surface area contributed by atoms with Gasteiger partial charge in [0, 0.05) is 29.2 Å². The number of aromatic nitrogens is 2. The van der Waals surface area contributed by atoms with Crippen LogP contribution in [0.4, 0.5) is 18.9 Å². The van der Waals surface area contributed by atoms with E-state index in [-0.39, 0.29) is 5.91 Å². The van der Waals surface area contributed by atoms with Crippen molar-refractivity contribution in [2.45, 2.75) is 13.1 Å². The summed E-state index contributed by atoms with van der Waals surface area (Å²) < 4.78 is 40.4. The molecule has 3 aromatic carbocycles. The highest BCUT2D eigenvalue weighted by atomic mass is 19.4. The first-order valence-electron chi connectivity index (χ1n) is 10.9. The molecule has 5 rings (SSSR count). The maximum Gasteiger partial charge on any atom is 0.416 e. The minimum Gasteiger partial charge on any atom is -0.322 e. The lowest BCUT2D eigenvalue weighted by Gasteiger charge is -2.11. The second-order valence-corrected chi connectivity index (χ2v) is 8.23. The van der Waals surface area contributed by atoms with E-state index in [2.05, 4.69) is 10.3 Å². The van der Waals surface area contributed by atoms with Crippen LogP contribution in [0, 0.1) is 6.92 Å². The molecule has 0 aliphatic carbocycles. The number of hydrogen-bond donors (Lipinski definition) is 1. The Morgan fingerprint density at radius 1 is 0.857 bits per heavy atom. The molecule has 1 N–H and O–H groups in total. The molecule has 0 unspecified atom stereocenters. The number of rotatable bonds is 4. The van der Waals surface area contributed by atoms with Crippen LogP contribution in [0.3, 0.4) is 0 Å². The highest BCUT2D eigenvalue weighted by molar-refractivity contribution is 6.05. The third-order valence-electron chi connectivity index (χ3n) is 5.80. The lowest BCUT2D eigenvalue weighted by molar-refractivity contribution is -0.137. The molecule has 1 amide bonds. The van der Waals surface area contributed by atoms with Crippen molar-refractivity contribution >= 4 is 17.2 Å². The number of anilines is 1. The van der Waals surface area contributed by atoms with E-state index < -0.39 is 11.7 Å². The standard InChI is InChI=1S/C28H20F3N3O/c1-18-15-20(19-8-11-22(12-9-19)28(29,30)31)10-13-24(18)27(35)32-23-6-4-5-21(16-23)25-17-34-14-3-2-7-26(34)33-25/h2-17H,1H3,(H,32,35). The number of halogens is 3. The smallest absolute Gasteiger partial charge is 0.322 e. The third kappa shape index (κ3) is 4.66. The minimum atomic E-state index is -4.38. The normalized spacial score (nSPS) is 11.5. The van der Waals surface area contributed by atoms with Crippen molar-refractivity contribution in [1.82, 2.24) is 9.38 Å². The Bertz CT molecular complexity index is 1500. The number of carbonyl (C=O) groups is 1. The molecule has 0 saturated carbocycles. The van der Waals surface area contributed by atoms with Gasteiger partial charge in [0.2, 0.25) is 0 Å². The fourth-order valence-electron chi connectivity index (χ4n) is 3.98. The molecule has 0 spiro atoms. The minimum absolute atomic E-state index is 0.270. The van der Waals surface area contributed by atoms with Gasteiger partial charge in [0.05, 0.1) is 11.3 Å². The zero-order valence-electron chi connectivity index (χ0n) is 18.7. The Kier molecular flexibility index (Phi) is 5.61. The molecule has 0 aliphatic heterocycles. The van der Waals surface area contributed by atoms with Crippen LogP contribution in [0.5, 0.6) is 0 Å². The summed E-state index contributed by atoms with van der Waals surface area (Å²) >= 11 is 0. The summed E-state index contributed by atoms with van der Waals surface area (Å²) in [5.41, 5.74) is 5.03. The molecule has 35 heavy (non-hydrogen) atoms. The molecule has 0 atom stereocenters. The van der Waals surface area contributed by atoms with Crippen LogP contribution in [0.1, 0.15) is 21.5 Å². The van der Waals surface area contributed by atoms with Gasteiger partial charge in [-0.15, -0.1) is 0 Å². The first-order valence-corrected chi connectivity index (χ1v) is 10.9. The van der Waals surface area contributed by atoms with Crippen LogP contribution < -0.4 is 5.32 Å². The number of imidazole rings is 1. The van der Waals surface area contributed by atoms with Gasteiger partial charge in [-0.1, -0.05) is 42.5 Å². The molecule has 4 nitrogen and oxygen atoms in total. The summed E-state index contributed by atoms with van der Waals surface area (Å²) in [5, 5.41) is 2.93. The van der Waals surface area contributed by atoms with Crippen LogP contribution in [0.15, 0.2) is 97.3 Å². The molecule has 2 heterocycles. The number of nitrogens with one attached hydrogen (secondary N) is 1. The topological polar surface area (TPSA) is 46.4 Å². The summed E-state index contributed by atoms with van der Waals surface area (Å²) in [6, 6.07) is 23.4. The molecule has 0 radical (unpaired) electrons. The number of alkyl halides is 3. The molecule has 0 saturated heterocycles. The highest BCUT2D eigenvalue weighted by Crippen LogP contribution is 2.31. The third-order valence-corrected chi connectivity index (χ3v) is 5.80. The molecule has 5 aromatic rings. The average Bonchev–Trinajstić information content (AvgIpc) is 3.28. The maximum absolute atomic E-state index is 13.0. The Morgan fingerprint density at radius 3 is 2.34 bits per heavy atom. The van der Waals surface area contributed by atoms with E-state index in [1.165, 1.54) is 12.1 Å². The van der Waals surface area contributed by atoms with Gasteiger partial charge < -0.3 is 9.72 Å². The molecule has 0 bridgehead atoms. The maximum atomic E-state index is 13.0. The first-order chi connectivity index (χ1) is 16.8. The van der Waals surface area contributed by atoms with Crippen LogP contribution in [0.2, 0.25) is 0 Å². The zero-order chi connectivity index (χ0) is 24.6. The van der Waals surface area contributed by atoms with Gasteiger partial charge in [-0.25, -0.2) is 4.98 Å². The van der Waals surface area contributed by atoms with Crippen molar-refractivity contribution < 1.29 is 18.0 Å². The second kappa shape index (κ2) is 8.76. The number of benzene rings is 3. The number of fused-ring (bicyclic) bond motifs is 1. The predicted molar refractivity (Wildman–Crippen MR) is 130 cm³/mol. The molecule has 7 heteroatoms. The summed E-state index contributed by atoms with van der Waals surface area (Å²) in [6.45, 7) is 1.80. The first kappa shape index (κ1) is 22.4. The van der Waals surface area contributed by atoms with Gasteiger partial charge in [-0.2, -0.15) is 13.2 Å². The van der Waals surface area contributed by atoms with E-state index in [1.54, 1.807) is 25.1 Å². The van der Waals surface area contributed by atoms with E-state index in [0.717, 1.165) is 40.2 Å². The van der Waals surface area contributed by atoms with Crippen molar-refractivity contribution in [3.8, 4) is 22.4 Å².